The molecule has 276 valence electrons. The number of aliphatic hydroxyl groups excluding tert-OH is 1. The van der Waals surface area contributed by atoms with Crippen LogP contribution in [0.25, 0.3) is 11.1 Å². The highest BCUT2D eigenvalue weighted by Crippen LogP contribution is 2.43. The minimum Gasteiger partial charge on any atom is -0.493 e. The standard InChI is InChI=1S/C43H46N2O7S/c1-29-41(27-45-22-21-34-23-39(49-2)40(50-3)24-36(34)26-45)51-43(52-42(29)32-15-13-30(28-46)14-16-32)33-19-17-31(18-20-33)38-12-8-7-9-35(38)25-44-53(47,48)37-10-5-4-6-11-37/h4-20,23-24,29,41-44,46H,21-22,25-28H2,1-3H3. The summed E-state index contributed by atoms with van der Waals surface area (Å²) in [6.45, 7) is 4.72. The number of aliphatic hydroxyl groups is 1. The number of nitrogens with one attached hydrogen (secondary N) is 1. The Balaban J connectivity index is 1.12. The molecule has 9 nitrogen and oxygen atoms in total. The number of nitrogens with zero attached hydrogens (tertiary/aromatic N) is 1. The molecule has 5 aromatic carbocycles. The van der Waals surface area contributed by atoms with E-state index in [1.807, 2.05) is 72.8 Å². The number of hydrogen-bond acceptors (Lipinski definition) is 8. The number of sulfonamides is 1. The molecule has 4 atom stereocenters. The molecule has 0 amide bonds. The average Bonchev–Trinajstić information content (AvgIpc) is 3.21. The lowest BCUT2D eigenvalue weighted by atomic mass is 9.89. The molecule has 2 aliphatic rings. The van der Waals surface area contributed by atoms with Crippen LogP contribution in [-0.4, -0.2) is 51.8 Å². The van der Waals surface area contributed by atoms with Crippen molar-refractivity contribution in [1.29, 1.82) is 0 Å². The summed E-state index contributed by atoms with van der Waals surface area (Å²) in [6.07, 6.45) is -0.0662. The predicted octanol–water partition coefficient (Wildman–Crippen LogP) is 7.19. The molecule has 53 heavy (non-hydrogen) atoms. The highest BCUT2D eigenvalue weighted by atomic mass is 32.2. The first-order chi connectivity index (χ1) is 25.8. The molecule has 0 aliphatic carbocycles. The number of rotatable bonds is 12. The molecule has 2 heterocycles. The molecule has 0 bridgehead atoms. The number of ether oxygens (including phenoxy) is 4. The Hall–Kier alpha value is -4.55. The van der Waals surface area contributed by atoms with Crippen LogP contribution in [0.3, 0.4) is 0 Å². The molecule has 4 unspecified atom stereocenters. The molecule has 2 N–H and O–H groups in total. The Bertz CT molecular complexity index is 2110. The number of benzene rings is 5. The Kier molecular flexibility index (Phi) is 11.3. The third-order valence-corrected chi connectivity index (χ3v) is 11.8. The van der Waals surface area contributed by atoms with Crippen LogP contribution in [0.4, 0.5) is 0 Å². The fourth-order valence-electron chi connectivity index (χ4n) is 7.31. The first-order valence-corrected chi connectivity index (χ1v) is 19.4. The van der Waals surface area contributed by atoms with E-state index < -0.39 is 16.3 Å². The lowest BCUT2D eigenvalue weighted by molar-refractivity contribution is -0.276. The number of hydrogen-bond donors (Lipinski definition) is 2. The maximum absolute atomic E-state index is 13.0. The molecule has 0 saturated carbocycles. The SMILES string of the molecule is COc1cc2c(cc1OC)CN(CC1OC(c3ccc(-c4ccccc4CNS(=O)(=O)c4ccccc4)cc3)OC(c3ccc(CO)cc3)C1C)CC2. The third kappa shape index (κ3) is 8.18. The first kappa shape index (κ1) is 36.8. The normalized spacial score (nSPS) is 20.5. The third-order valence-electron chi connectivity index (χ3n) is 10.4. The molecule has 1 fully saturated rings. The van der Waals surface area contributed by atoms with Gasteiger partial charge in [-0.25, -0.2) is 13.1 Å². The van der Waals surface area contributed by atoms with Gasteiger partial charge in [-0.2, -0.15) is 0 Å². The summed E-state index contributed by atoms with van der Waals surface area (Å²) < 4.78 is 53.4. The van der Waals surface area contributed by atoms with Crippen molar-refractivity contribution in [2.75, 3.05) is 27.3 Å². The Labute approximate surface area is 312 Å². The van der Waals surface area contributed by atoms with Gasteiger partial charge in [0.2, 0.25) is 10.0 Å². The molecule has 0 radical (unpaired) electrons. The van der Waals surface area contributed by atoms with Crippen molar-refractivity contribution >= 4 is 10.0 Å². The fraction of sp³-hybridized carbons (Fsp3) is 0.302. The predicted molar refractivity (Wildman–Crippen MR) is 204 cm³/mol. The van der Waals surface area contributed by atoms with Gasteiger partial charge in [0, 0.05) is 37.7 Å². The van der Waals surface area contributed by atoms with Crippen molar-refractivity contribution < 1.29 is 32.5 Å². The van der Waals surface area contributed by atoms with E-state index in [4.69, 9.17) is 18.9 Å². The van der Waals surface area contributed by atoms with Crippen molar-refractivity contribution in [3.05, 3.63) is 149 Å². The Morgan fingerprint density at radius 1 is 0.811 bits per heavy atom. The highest BCUT2D eigenvalue weighted by molar-refractivity contribution is 7.89. The molecule has 1 saturated heterocycles. The van der Waals surface area contributed by atoms with Gasteiger partial charge in [0.15, 0.2) is 17.8 Å². The summed E-state index contributed by atoms with van der Waals surface area (Å²) >= 11 is 0. The van der Waals surface area contributed by atoms with Gasteiger partial charge in [0.1, 0.15) is 0 Å². The zero-order chi connectivity index (χ0) is 37.0. The van der Waals surface area contributed by atoms with Crippen molar-refractivity contribution in [3.63, 3.8) is 0 Å². The molecule has 2 aliphatic heterocycles. The zero-order valence-corrected chi connectivity index (χ0v) is 31.1. The maximum Gasteiger partial charge on any atom is 0.240 e. The van der Waals surface area contributed by atoms with Gasteiger partial charge >= 0.3 is 0 Å². The lowest BCUT2D eigenvalue weighted by Crippen LogP contribution is -2.45. The number of methoxy groups -OCH3 is 2. The molecule has 0 aromatic heterocycles. The number of fused-ring (bicyclic) bond motifs is 1. The fourth-order valence-corrected chi connectivity index (χ4v) is 8.34. The molecule has 5 aromatic rings. The molecular formula is C43H46N2O7S. The van der Waals surface area contributed by atoms with Gasteiger partial charge in [-0.15, -0.1) is 0 Å². The molecular weight excluding hydrogens is 689 g/mol. The van der Waals surface area contributed by atoms with Crippen LogP contribution in [0.1, 0.15) is 52.7 Å². The Morgan fingerprint density at radius 2 is 1.47 bits per heavy atom. The monoisotopic (exact) mass is 734 g/mol. The van der Waals surface area contributed by atoms with E-state index in [-0.39, 0.29) is 36.2 Å². The van der Waals surface area contributed by atoms with Crippen LogP contribution in [0.15, 0.2) is 120 Å². The molecule has 0 spiro atoms. The summed E-state index contributed by atoms with van der Waals surface area (Å²) in [6, 6.07) is 36.5. The van der Waals surface area contributed by atoms with Gasteiger partial charge in [0.25, 0.3) is 0 Å². The summed E-state index contributed by atoms with van der Waals surface area (Å²) in [5.74, 6) is 1.53. The maximum atomic E-state index is 13.0. The minimum atomic E-state index is -3.66. The van der Waals surface area contributed by atoms with Crippen molar-refractivity contribution in [2.45, 2.75) is 56.4 Å². The molecule has 10 heteroatoms. The van der Waals surface area contributed by atoms with E-state index in [1.54, 1.807) is 44.6 Å². The van der Waals surface area contributed by atoms with Crippen molar-refractivity contribution in [1.82, 2.24) is 9.62 Å². The van der Waals surface area contributed by atoms with Gasteiger partial charge < -0.3 is 24.1 Å². The smallest absolute Gasteiger partial charge is 0.240 e. The second-order valence-electron chi connectivity index (χ2n) is 13.7. The van der Waals surface area contributed by atoms with E-state index in [1.165, 1.54) is 11.1 Å². The zero-order valence-electron chi connectivity index (χ0n) is 30.3. The summed E-state index contributed by atoms with van der Waals surface area (Å²) in [5.41, 5.74) is 8.05. The first-order valence-electron chi connectivity index (χ1n) is 18.0. The van der Waals surface area contributed by atoms with Crippen molar-refractivity contribution in [3.8, 4) is 22.6 Å². The van der Waals surface area contributed by atoms with Crippen LogP contribution in [0.2, 0.25) is 0 Å². The van der Waals surface area contributed by atoms with Crippen LogP contribution in [-0.2, 0) is 45.6 Å². The van der Waals surface area contributed by atoms with E-state index >= 15 is 0 Å². The lowest BCUT2D eigenvalue weighted by Gasteiger charge is -2.43. The van der Waals surface area contributed by atoms with E-state index in [9.17, 15) is 13.5 Å². The average molecular weight is 735 g/mol. The summed E-state index contributed by atoms with van der Waals surface area (Å²) in [7, 11) is -0.330. The van der Waals surface area contributed by atoms with E-state index in [2.05, 4.69) is 28.7 Å². The second-order valence-corrected chi connectivity index (χ2v) is 15.5. The minimum absolute atomic E-state index is 0.0167. The molecule has 7 rings (SSSR count). The van der Waals surface area contributed by atoms with Crippen LogP contribution < -0.4 is 14.2 Å². The summed E-state index contributed by atoms with van der Waals surface area (Å²) in [4.78, 5) is 2.67. The van der Waals surface area contributed by atoms with E-state index in [0.29, 0.717) is 0 Å². The van der Waals surface area contributed by atoms with Crippen molar-refractivity contribution in [2.24, 2.45) is 5.92 Å². The van der Waals surface area contributed by atoms with Gasteiger partial charge in [-0.05, 0) is 69.6 Å². The van der Waals surface area contributed by atoms with Gasteiger partial charge in [-0.3, -0.25) is 4.90 Å². The van der Waals surface area contributed by atoms with Gasteiger partial charge in [0.05, 0.1) is 37.9 Å². The topological polar surface area (TPSA) is 107 Å². The van der Waals surface area contributed by atoms with E-state index in [0.717, 1.165) is 70.9 Å². The largest absolute Gasteiger partial charge is 0.493 e. The second kappa shape index (κ2) is 16.2. The summed E-state index contributed by atoms with van der Waals surface area (Å²) in [5, 5.41) is 9.67. The van der Waals surface area contributed by atoms with Crippen LogP contribution in [0.5, 0.6) is 11.5 Å². The van der Waals surface area contributed by atoms with Crippen LogP contribution in [0, 0.1) is 5.92 Å². The Morgan fingerprint density at radius 3 is 2.17 bits per heavy atom. The van der Waals surface area contributed by atoms with Crippen LogP contribution >= 0.6 is 0 Å². The highest BCUT2D eigenvalue weighted by Gasteiger charge is 2.39. The van der Waals surface area contributed by atoms with Gasteiger partial charge in [-0.1, -0.05) is 97.9 Å². The quantitative estimate of drug-likeness (QED) is 0.139.